The third-order valence-corrected chi connectivity index (χ3v) is 2.50. The number of nitrogens with one attached hydrogen (secondary N) is 2. The maximum absolute atomic E-state index is 13.2. The molecule has 20 heavy (non-hydrogen) atoms. The number of aromatic nitrogens is 4. The van der Waals surface area contributed by atoms with E-state index in [9.17, 15) is 19.3 Å². The number of amides is 1. The summed E-state index contributed by atoms with van der Waals surface area (Å²) in [7, 11) is 0. The summed E-state index contributed by atoms with van der Waals surface area (Å²) in [6, 6.07) is 2.34. The van der Waals surface area contributed by atoms with Gasteiger partial charge in [0.2, 0.25) is 5.82 Å². The predicted molar refractivity (Wildman–Crippen MR) is 63.1 cm³/mol. The summed E-state index contributed by atoms with van der Waals surface area (Å²) in [5.41, 5.74) is -0.793. The lowest BCUT2D eigenvalue weighted by molar-refractivity contribution is -0.387. The number of carbonyl (C=O) groups excluding carboxylic acids is 1. The number of hydrogen-bond donors (Lipinski definition) is 2. The molecule has 0 radical (unpaired) electrons. The highest BCUT2D eigenvalue weighted by molar-refractivity contribution is 5.95. The predicted octanol–water partition coefficient (Wildman–Crippen LogP) is 0.738. The second-order valence-electron chi connectivity index (χ2n) is 3.89. The van der Waals surface area contributed by atoms with E-state index in [-0.39, 0.29) is 11.4 Å². The van der Waals surface area contributed by atoms with Gasteiger partial charge in [-0.15, -0.1) is 10.2 Å². The fourth-order valence-electron chi connectivity index (χ4n) is 1.49. The van der Waals surface area contributed by atoms with E-state index in [0.717, 1.165) is 18.2 Å². The van der Waals surface area contributed by atoms with Crippen LogP contribution in [0.3, 0.4) is 0 Å². The first-order valence-electron chi connectivity index (χ1n) is 5.47. The van der Waals surface area contributed by atoms with Gasteiger partial charge in [0.05, 0.1) is 11.0 Å². The van der Waals surface area contributed by atoms with Gasteiger partial charge >= 0.3 is 5.69 Å². The molecule has 0 saturated carbocycles. The van der Waals surface area contributed by atoms with Crippen LogP contribution in [-0.4, -0.2) is 31.5 Å². The summed E-state index contributed by atoms with van der Waals surface area (Å²) in [6.07, 6.45) is 0. The highest BCUT2D eigenvalue weighted by Gasteiger charge is 2.19. The summed E-state index contributed by atoms with van der Waals surface area (Å²) in [5.74, 6) is -1.35. The molecule has 1 heterocycles. The van der Waals surface area contributed by atoms with Crippen LogP contribution < -0.4 is 5.32 Å². The Kier molecular flexibility index (Phi) is 3.64. The molecule has 2 rings (SSSR count). The molecule has 0 aliphatic carbocycles. The van der Waals surface area contributed by atoms with Crippen molar-refractivity contribution in [2.24, 2.45) is 0 Å². The Morgan fingerprint density at radius 1 is 1.55 bits per heavy atom. The molecule has 0 bridgehead atoms. The molecule has 1 aromatic heterocycles. The van der Waals surface area contributed by atoms with Gasteiger partial charge in [0.15, 0.2) is 5.82 Å². The Hall–Kier alpha value is -2.91. The number of nitro groups is 1. The monoisotopic (exact) mass is 280 g/mol. The van der Waals surface area contributed by atoms with Gasteiger partial charge in [-0.05, 0) is 19.1 Å². The van der Waals surface area contributed by atoms with Gasteiger partial charge in [-0.25, -0.2) is 0 Å². The minimum Gasteiger partial charge on any atom is -0.342 e. The van der Waals surface area contributed by atoms with Crippen LogP contribution in [0.25, 0.3) is 0 Å². The van der Waals surface area contributed by atoms with Crippen LogP contribution in [0, 0.1) is 15.9 Å². The Balaban J connectivity index is 2.17. The largest absolute Gasteiger partial charge is 0.342 e. The van der Waals surface area contributed by atoms with E-state index in [4.69, 9.17) is 0 Å². The number of nitro benzene ring substituents is 1. The van der Waals surface area contributed by atoms with Crippen LogP contribution >= 0.6 is 0 Å². The molecule has 0 aliphatic heterocycles. The van der Waals surface area contributed by atoms with Crippen LogP contribution in [-0.2, 0) is 0 Å². The zero-order chi connectivity index (χ0) is 14.7. The molecule has 1 amide bonds. The zero-order valence-electron chi connectivity index (χ0n) is 10.2. The topological polar surface area (TPSA) is 127 Å². The van der Waals surface area contributed by atoms with E-state index < -0.39 is 28.4 Å². The summed E-state index contributed by atoms with van der Waals surface area (Å²) >= 11 is 0. The van der Waals surface area contributed by atoms with Crippen molar-refractivity contribution in [2.75, 3.05) is 0 Å². The van der Waals surface area contributed by atoms with E-state index in [1.165, 1.54) is 0 Å². The molecule has 2 N–H and O–H groups in total. The summed E-state index contributed by atoms with van der Waals surface area (Å²) in [4.78, 5) is 21.6. The third-order valence-electron chi connectivity index (χ3n) is 2.50. The van der Waals surface area contributed by atoms with Gasteiger partial charge in [-0.3, -0.25) is 14.9 Å². The number of hydrogen-bond acceptors (Lipinski definition) is 6. The van der Waals surface area contributed by atoms with Crippen LogP contribution in [0.4, 0.5) is 10.1 Å². The molecule has 1 aromatic carbocycles. The van der Waals surface area contributed by atoms with Crippen molar-refractivity contribution in [3.8, 4) is 0 Å². The number of benzene rings is 1. The fraction of sp³-hybridized carbons (Fsp3) is 0.200. The first-order valence-corrected chi connectivity index (χ1v) is 5.47. The van der Waals surface area contributed by atoms with Gasteiger partial charge in [0, 0.05) is 11.6 Å². The van der Waals surface area contributed by atoms with E-state index in [1.54, 1.807) is 6.92 Å². The number of nitrogens with zero attached hydrogens (tertiary/aromatic N) is 4. The Labute approximate surface area is 111 Å². The van der Waals surface area contributed by atoms with Crippen LogP contribution in [0.2, 0.25) is 0 Å². The van der Waals surface area contributed by atoms with Crippen molar-refractivity contribution >= 4 is 11.6 Å². The normalized spacial score (nSPS) is 11.9. The standard InChI is InChI=1S/C10H9FN6O3/c1-5(9-13-15-16-14-9)12-10(18)6-2-3-7(11)8(4-6)17(19)20/h2-5H,1H3,(H,12,18)(H,13,14,15,16). The Morgan fingerprint density at radius 3 is 2.90 bits per heavy atom. The molecule has 0 aliphatic rings. The van der Waals surface area contributed by atoms with Crippen LogP contribution in [0.15, 0.2) is 18.2 Å². The lowest BCUT2D eigenvalue weighted by atomic mass is 10.1. The fourth-order valence-corrected chi connectivity index (χ4v) is 1.49. The molecule has 2 aromatic rings. The molecular weight excluding hydrogens is 271 g/mol. The SMILES string of the molecule is CC(NC(=O)c1ccc(F)c([N+](=O)[O-])c1)c1nn[nH]n1. The highest BCUT2D eigenvalue weighted by Crippen LogP contribution is 2.19. The minimum atomic E-state index is -1.00. The lowest BCUT2D eigenvalue weighted by Crippen LogP contribution is -2.27. The number of H-pyrrole nitrogens is 1. The lowest BCUT2D eigenvalue weighted by Gasteiger charge is -2.09. The van der Waals surface area contributed by atoms with E-state index in [0.29, 0.717) is 0 Å². The van der Waals surface area contributed by atoms with Crippen LogP contribution in [0.5, 0.6) is 0 Å². The molecule has 0 fully saturated rings. The smallest absolute Gasteiger partial charge is 0.305 e. The number of rotatable bonds is 4. The molecule has 0 saturated heterocycles. The Bertz CT molecular complexity index is 644. The highest BCUT2D eigenvalue weighted by atomic mass is 19.1. The van der Waals surface area contributed by atoms with Crippen molar-refractivity contribution in [2.45, 2.75) is 13.0 Å². The van der Waals surface area contributed by atoms with E-state index in [1.807, 2.05) is 0 Å². The first-order chi connectivity index (χ1) is 9.49. The molecule has 9 nitrogen and oxygen atoms in total. The quantitative estimate of drug-likeness (QED) is 0.628. The maximum Gasteiger partial charge on any atom is 0.305 e. The van der Waals surface area contributed by atoms with Crippen molar-refractivity contribution in [3.05, 3.63) is 45.5 Å². The maximum atomic E-state index is 13.2. The number of halogens is 1. The van der Waals surface area contributed by atoms with Gasteiger partial charge < -0.3 is 5.32 Å². The van der Waals surface area contributed by atoms with Crippen molar-refractivity contribution < 1.29 is 14.1 Å². The average Bonchev–Trinajstić information content (AvgIpc) is 2.92. The molecule has 104 valence electrons. The van der Waals surface area contributed by atoms with Crippen molar-refractivity contribution in [1.29, 1.82) is 0 Å². The van der Waals surface area contributed by atoms with E-state index >= 15 is 0 Å². The summed E-state index contributed by atoms with van der Waals surface area (Å²) in [5, 5.41) is 26.1. The van der Waals surface area contributed by atoms with Crippen LogP contribution in [0.1, 0.15) is 29.1 Å². The summed E-state index contributed by atoms with van der Waals surface area (Å²) in [6.45, 7) is 1.61. The van der Waals surface area contributed by atoms with E-state index in [2.05, 4.69) is 25.9 Å². The Morgan fingerprint density at radius 2 is 2.30 bits per heavy atom. The van der Waals surface area contributed by atoms with Crippen molar-refractivity contribution in [3.63, 3.8) is 0 Å². The van der Waals surface area contributed by atoms with Crippen molar-refractivity contribution in [1.82, 2.24) is 25.9 Å². The third kappa shape index (κ3) is 2.74. The second kappa shape index (κ2) is 5.38. The molecule has 10 heteroatoms. The number of aromatic amines is 1. The first kappa shape index (κ1) is 13.5. The molecule has 1 atom stereocenters. The zero-order valence-corrected chi connectivity index (χ0v) is 10.2. The molecule has 1 unspecified atom stereocenters. The number of tetrazole rings is 1. The summed E-state index contributed by atoms with van der Waals surface area (Å²) < 4.78 is 13.2. The number of carbonyl (C=O) groups is 1. The second-order valence-corrected chi connectivity index (χ2v) is 3.89. The average molecular weight is 280 g/mol. The van der Waals surface area contributed by atoms with Gasteiger partial charge in [-0.1, -0.05) is 5.21 Å². The van der Waals surface area contributed by atoms with Gasteiger partial charge in [0.25, 0.3) is 5.91 Å². The molecular formula is C10H9FN6O3. The van der Waals surface area contributed by atoms with Gasteiger partial charge in [-0.2, -0.15) is 9.60 Å². The van der Waals surface area contributed by atoms with Gasteiger partial charge in [0.1, 0.15) is 0 Å². The molecule has 0 spiro atoms. The minimum absolute atomic E-state index is 0.0338.